The molecule has 0 bridgehead atoms. The van der Waals surface area contributed by atoms with Gasteiger partial charge >= 0.3 is 0 Å². The lowest BCUT2D eigenvalue weighted by molar-refractivity contribution is 0.0627. The maximum atomic E-state index is 13.3. The third-order valence-corrected chi connectivity index (χ3v) is 8.50. The summed E-state index contributed by atoms with van der Waals surface area (Å²) in [6, 6.07) is 18.7. The molecule has 202 valence electrons. The van der Waals surface area contributed by atoms with Crippen LogP contribution in [0.5, 0.6) is 17.2 Å². The minimum atomic E-state index is -3.86. The van der Waals surface area contributed by atoms with Gasteiger partial charge in [0.25, 0.3) is 15.9 Å². The number of ether oxygens (including phenoxy) is 3. The fourth-order valence-electron chi connectivity index (χ4n) is 4.42. The molecule has 0 radical (unpaired) electrons. The lowest BCUT2D eigenvalue weighted by Gasteiger charge is -2.35. The smallest absolute Gasteiger partial charge is 0.264 e. The molecule has 1 fully saturated rings. The Balaban J connectivity index is 1.43. The first kappa shape index (κ1) is 27.3. The molecule has 0 unspecified atom stereocenters. The standard InChI is InChI=1S/C28H33N3O6S/c1-29(23-8-10-24(35-2)11-9-23)38(33,34)26-7-5-6-21(19-26)28(32)31-16-14-30(15-17-31)20-22-18-25(36-3)12-13-27(22)37-4/h5-13,18-19H,14-17,20H2,1-4H3. The predicted octanol–water partition coefficient (Wildman–Crippen LogP) is 3.50. The number of rotatable bonds is 9. The fourth-order valence-corrected chi connectivity index (χ4v) is 5.66. The van der Waals surface area contributed by atoms with Crippen molar-refractivity contribution in [1.82, 2.24) is 9.80 Å². The summed E-state index contributed by atoms with van der Waals surface area (Å²) < 4.78 is 43.8. The number of hydrogen-bond acceptors (Lipinski definition) is 7. The van der Waals surface area contributed by atoms with E-state index in [1.807, 2.05) is 18.2 Å². The lowest BCUT2D eigenvalue weighted by Crippen LogP contribution is -2.48. The molecule has 1 amide bonds. The van der Waals surface area contributed by atoms with Crippen LogP contribution in [0.4, 0.5) is 5.69 Å². The van der Waals surface area contributed by atoms with Crippen LogP contribution in [0.15, 0.2) is 71.6 Å². The monoisotopic (exact) mass is 539 g/mol. The molecule has 0 aliphatic carbocycles. The zero-order chi connectivity index (χ0) is 27.3. The highest BCUT2D eigenvalue weighted by Crippen LogP contribution is 2.27. The summed E-state index contributed by atoms with van der Waals surface area (Å²) >= 11 is 0. The molecule has 4 rings (SSSR count). The van der Waals surface area contributed by atoms with E-state index in [0.717, 1.165) is 17.1 Å². The third-order valence-electron chi connectivity index (χ3n) is 6.72. The van der Waals surface area contributed by atoms with E-state index in [1.54, 1.807) is 62.6 Å². The van der Waals surface area contributed by atoms with Gasteiger partial charge in [-0.3, -0.25) is 14.0 Å². The zero-order valence-corrected chi connectivity index (χ0v) is 22.9. The van der Waals surface area contributed by atoms with Crippen molar-refractivity contribution in [2.75, 3.05) is 58.9 Å². The Morgan fingerprint density at radius 3 is 2.13 bits per heavy atom. The Morgan fingerprint density at radius 1 is 0.842 bits per heavy atom. The largest absolute Gasteiger partial charge is 0.497 e. The Kier molecular flexibility index (Phi) is 8.43. The molecule has 3 aromatic carbocycles. The molecule has 38 heavy (non-hydrogen) atoms. The number of benzene rings is 3. The first-order chi connectivity index (χ1) is 18.3. The summed E-state index contributed by atoms with van der Waals surface area (Å²) in [6.45, 7) is 3.12. The number of carbonyl (C=O) groups excluding carboxylic acids is 1. The number of amides is 1. The molecule has 0 atom stereocenters. The van der Waals surface area contributed by atoms with E-state index in [-0.39, 0.29) is 10.8 Å². The van der Waals surface area contributed by atoms with E-state index < -0.39 is 10.0 Å². The maximum absolute atomic E-state index is 13.3. The maximum Gasteiger partial charge on any atom is 0.264 e. The number of anilines is 1. The van der Waals surface area contributed by atoms with Crippen LogP contribution in [0.1, 0.15) is 15.9 Å². The molecule has 10 heteroatoms. The van der Waals surface area contributed by atoms with Crippen molar-refractivity contribution in [2.45, 2.75) is 11.4 Å². The molecule has 1 saturated heterocycles. The average molecular weight is 540 g/mol. The summed E-state index contributed by atoms with van der Waals surface area (Å²) in [5.41, 5.74) is 1.86. The molecule has 0 N–H and O–H groups in total. The molecule has 3 aromatic rings. The number of hydrogen-bond donors (Lipinski definition) is 0. The van der Waals surface area contributed by atoms with Gasteiger partial charge in [-0.1, -0.05) is 6.07 Å². The van der Waals surface area contributed by atoms with E-state index in [0.29, 0.717) is 49.7 Å². The molecule has 9 nitrogen and oxygen atoms in total. The number of sulfonamides is 1. The van der Waals surface area contributed by atoms with Gasteiger partial charge < -0.3 is 19.1 Å². The molecule has 1 aliphatic heterocycles. The Morgan fingerprint density at radius 2 is 1.50 bits per heavy atom. The summed E-state index contributed by atoms with van der Waals surface area (Å²) in [7, 11) is 2.45. The van der Waals surface area contributed by atoms with Crippen molar-refractivity contribution >= 4 is 21.6 Å². The highest BCUT2D eigenvalue weighted by molar-refractivity contribution is 7.92. The van der Waals surface area contributed by atoms with Gasteiger partial charge in [0, 0.05) is 50.9 Å². The van der Waals surface area contributed by atoms with Gasteiger partial charge in [-0.15, -0.1) is 0 Å². The van der Waals surface area contributed by atoms with Crippen molar-refractivity contribution in [1.29, 1.82) is 0 Å². The van der Waals surface area contributed by atoms with Gasteiger partial charge in [0.05, 0.1) is 31.9 Å². The second-order valence-electron chi connectivity index (χ2n) is 8.94. The highest BCUT2D eigenvalue weighted by atomic mass is 32.2. The number of methoxy groups -OCH3 is 3. The van der Waals surface area contributed by atoms with Crippen LogP contribution in [-0.4, -0.2) is 78.7 Å². The van der Waals surface area contributed by atoms with E-state index in [2.05, 4.69) is 4.90 Å². The van der Waals surface area contributed by atoms with Gasteiger partial charge in [0.15, 0.2) is 0 Å². The third kappa shape index (κ3) is 5.87. The normalized spacial score (nSPS) is 14.2. The summed E-state index contributed by atoms with van der Waals surface area (Å²) in [6.07, 6.45) is 0. The van der Waals surface area contributed by atoms with Crippen LogP contribution >= 0.6 is 0 Å². The summed E-state index contributed by atoms with van der Waals surface area (Å²) in [4.78, 5) is 17.4. The first-order valence-electron chi connectivity index (χ1n) is 12.2. The topological polar surface area (TPSA) is 88.6 Å². The molecule has 1 aliphatic rings. The van der Waals surface area contributed by atoms with Gasteiger partial charge in [0.2, 0.25) is 0 Å². The van der Waals surface area contributed by atoms with E-state index in [9.17, 15) is 13.2 Å². The number of nitrogens with zero attached hydrogens (tertiary/aromatic N) is 3. The lowest BCUT2D eigenvalue weighted by atomic mass is 10.1. The Labute approximate surface area is 224 Å². The Bertz CT molecular complexity index is 1370. The minimum absolute atomic E-state index is 0.0606. The van der Waals surface area contributed by atoms with Crippen LogP contribution in [0.2, 0.25) is 0 Å². The van der Waals surface area contributed by atoms with Crippen LogP contribution in [-0.2, 0) is 16.6 Å². The second-order valence-corrected chi connectivity index (χ2v) is 10.9. The van der Waals surface area contributed by atoms with Crippen LogP contribution < -0.4 is 18.5 Å². The second kappa shape index (κ2) is 11.7. The highest BCUT2D eigenvalue weighted by Gasteiger charge is 2.26. The van der Waals surface area contributed by atoms with Gasteiger partial charge in [-0.25, -0.2) is 8.42 Å². The molecular formula is C28H33N3O6S. The van der Waals surface area contributed by atoms with E-state index in [4.69, 9.17) is 14.2 Å². The quantitative estimate of drug-likeness (QED) is 0.411. The number of carbonyl (C=O) groups is 1. The van der Waals surface area contributed by atoms with Gasteiger partial charge in [0.1, 0.15) is 17.2 Å². The van der Waals surface area contributed by atoms with Gasteiger partial charge in [-0.05, 0) is 60.7 Å². The summed E-state index contributed by atoms with van der Waals surface area (Å²) in [5, 5.41) is 0. The van der Waals surface area contributed by atoms with Crippen molar-refractivity contribution in [3.8, 4) is 17.2 Å². The molecule has 0 saturated carbocycles. The van der Waals surface area contributed by atoms with Crippen LogP contribution in [0, 0.1) is 0 Å². The van der Waals surface area contributed by atoms with Crippen molar-refractivity contribution in [3.63, 3.8) is 0 Å². The van der Waals surface area contributed by atoms with Crippen molar-refractivity contribution in [3.05, 3.63) is 77.9 Å². The van der Waals surface area contributed by atoms with E-state index in [1.165, 1.54) is 23.5 Å². The Hall–Kier alpha value is -3.76. The molecule has 0 aromatic heterocycles. The van der Waals surface area contributed by atoms with E-state index >= 15 is 0 Å². The van der Waals surface area contributed by atoms with Gasteiger partial charge in [-0.2, -0.15) is 0 Å². The van der Waals surface area contributed by atoms with Crippen molar-refractivity contribution in [2.24, 2.45) is 0 Å². The van der Waals surface area contributed by atoms with Crippen LogP contribution in [0.3, 0.4) is 0 Å². The van der Waals surface area contributed by atoms with Crippen LogP contribution in [0.25, 0.3) is 0 Å². The molecule has 0 spiro atoms. The molecule has 1 heterocycles. The SMILES string of the molecule is COc1ccc(N(C)S(=O)(=O)c2cccc(C(=O)N3CCN(Cc4cc(OC)ccc4OC)CC3)c2)cc1. The first-order valence-corrected chi connectivity index (χ1v) is 13.7. The summed E-state index contributed by atoms with van der Waals surface area (Å²) in [5.74, 6) is 2.01. The predicted molar refractivity (Wildman–Crippen MR) is 146 cm³/mol. The average Bonchev–Trinajstić information content (AvgIpc) is 2.96. The fraction of sp³-hybridized carbons (Fsp3) is 0.321. The number of piperazine rings is 1. The zero-order valence-electron chi connectivity index (χ0n) is 22.1. The molecular weight excluding hydrogens is 506 g/mol. The minimum Gasteiger partial charge on any atom is -0.497 e. The van der Waals surface area contributed by atoms with Crippen molar-refractivity contribution < 1.29 is 27.4 Å².